The van der Waals surface area contributed by atoms with Crippen molar-refractivity contribution in [3.8, 4) is 0 Å². The third-order valence-corrected chi connectivity index (χ3v) is 5.53. The molecule has 3 rings (SSSR count). The molecule has 2 fully saturated rings. The van der Waals surface area contributed by atoms with Crippen molar-refractivity contribution < 1.29 is 9.59 Å². The molecule has 136 valence electrons. The fourth-order valence-electron chi connectivity index (χ4n) is 3.69. The monoisotopic (exact) mass is 363 g/mol. The lowest BCUT2D eigenvalue weighted by molar-refractivity contribution is -0.134. The molecule has 2 aliphatic rings. The molecule has 0 radical (unpaired) electrons. The average molecular weight is 364 g/mol. The van der Waals surface area contributed by atoms with Gasteiger partial charge in [0.1, 0.15) is 0 Å². The Hall–Kier alpha value is -1.75. The first-order chi connectivity index (χ1) is 12.1. The van der Waals surface area contributed by atoms with Gasteiger partial charge >= 0.3 is 0 Å². The Kier molecular flexibility index (Phi) is 6.19. The van der Waals surface area contributed by atoms with Crippen molar-refractivity contribution in [2.24, 2.45) is 5.92 Å². The molecular formula is C19H26ClN3O2. The van der Waals surface area contributed by atoms with Gasteiger partial charge in [-0.15, -0.1) is 0 Å². The molecule has 5 nitrogen and oxygen atoms in total. The summed E-state index contributed by atoms with van der Waals surface area (Å²) in [5.74, 6) is 0.143. The maximum atomic E-state index is 12.4. The fourth-order valence-corrected chi connectivity index (χ4v) is 3.94. The van der Waals surface area contributed by atoms with Gasteiger partial charge in [-0.2, -0.15) is 0 Å². The minimum Gasteiger partial charge on any atom is -0.367 e. The van der Waals surface area contributed by atoms with Crippen LogP contribution in [0.4, 0.5) is 5.69 Å². The SMILES string of the molecule is O=C(NCC(=O)N1CCN(c2ccccc2Cl)CC1)C1CCCCC1. The molecule has 1 saturated carbocycles. The molecule has 0 bridgehead atoms. The van der Waals surface area contributed by atoms with Crippen LogP contribution in [0.2, 0.25) is 5.02 Å². The van der Waals surface area contributed by atoms with E-state index in [1.54, 1.807) is 0 Å². The van der Waals surface area contributed by atoms with Crippen LogP contribution in [0, 0.1) is 5.92 Å². The second kappa shape index (κ2) is 8.56. The normalized spacial score (nSPS) is 18.9. The van der Waals surface area contributed by atoms with Crippen LogP contribution < -0.4 is 10.2 Å². The minimum absolute atomic E-state index is 0.00275. The van der Waals surface area contributed by atoms with Gasteiger partial charge in [0.15, 0.2) is 0 Å². The molecule has 0 atom stereocenters. The van der Waals surface area contributed by atoms with Gasteiger partial charge in [-0.1, -0.05) is 43.0 Å². The first-order valence-corrected chi connectivity index (χ1v) is 9.58. The maximum Gasteiger partial charge on any atom is 0.242 e. The molecule has 2 amide bonds. The summed E-state index contributed by atoms with van der Waals surface area (Å²) in [7, 11) is 0. The lowest BCUT2D eigenvalue weighted by atomic mass is 9.89. The van der Waals surface area contributed by atoms with Crippen molar-refractivity contribution in [2.75, 3.05) is 37.6 Å². The van der Waals surface area contributed by atoms with Crippen LogP contribution >= 0.6 is 11.6 Å². The number of carbonyl (C=O) groups excluding carboxylic acids is 2. The van der Waals surface area contributed by atoms with E-state index in [1.807, 2.05) is 29.2 Å². The Labute approximate surface area is 154 Å². The molecule has 1 N–H and O–H groups in total. The number of rotatable bonds is 4. The highest BCUT2D eigenvalue weighted by Crippen LogP contribution is 2.26. The summed E-state index contributed by atoms with van der Waals surface area (Å²) >= 11 is 6.25. The maximum absolute atomic E-state index is 12.4. The molecular weight excluding hydrogens is 338 g/mol. The lowest BCUT2D eigenvalue weighted by Gasteiger charge is -2.36. The van der Waals surface area contributed by atoms with Gasteiger partial charge in [0.05, 0.1) is 17.3 Å². The number of piperazine rings is 1. The van der Waals surface area contributed by atoms with E-state index in [0.29, 0.717) is 13.1 Å². The van der Waals surface area contributed by atoms with Crippen LogP contribution in [-0.4, -0.2) is 49.4 Å². The Bertz CT molecular complexity index is 608. The van der Waals surface area contributed by atoms with Crippen molar-refractivity contribution in [2.45, 2.75) is 32.1 Å². The van der Waals surface area contributed by atoms with Crippen LogP contribution in [-0.2, 0) is 9.59 Å². The third kappa shape index (κ3) is 4.66. The summed E-state index contributed by atoms with van der Waals surface area (Å²) in [6.07, 6.45) is 5.37. The Morgan fingerprint density at radius 1 is 1.04 bits per heavy atom. The van der Waals surface area contributed by atoms with E-state index < -0.39 is 0 Å². The van der Waals surface area contributed by atoms with E-state index in [-0.39, 0.29) is 24.3 Å². The number of amides is 2. The largest absolute Gasteiger partial charge is 0.367 e. The third-order valence-electron chi connectivity index (χ3n) is 5.22. The van der Waals surface area contributed by atoms with E-state index in [1.165, 1.54) is 6.42 Å². The highest BCUT2D eigenvalue weighted by Gasteiger charge is 2.24. The summed E-state index contributed by atoms with van der Waals surface area (Å²) in [4.78, 5) is 28.5. The van der Waals surface area contributed by atoms with Crippen molar-refractivity contribution in [1.29, 1.82) is 0 Å². The van der Waals surface area contributed by atoms with E-state index in [9.17, 15) is 9.59 Å². The molecule has 1 saturated heterocycles. The topological polar surface area (TPSA) is 52.7 Å². The number of nitrogens with zero attached hydrogens (tertiary/aromatic N) is 2. The van der Waals surface area contributed by atoms with Gasteiger partial charge in [0.2, 0.25) is 11.8 Å². The number of carbonyl (C=O) groups is 2. The lowest BCUT2D eigenvalue weighted by Crippen LogP contribution is -2.51. The van der Waals surface area contributed by atoms with Crippen LogP contribution in [0.5, 0.6) is 0 Å². The minimum atomic E-state index is 0.00275. The smallest absolute Gasteiger partial charge is 0.242 e. The quantitative estimate of drug-likeness (QED) is 0.894. The van der Waals surface area contributed by atoms with Crippen molar-refractivity contribution in [3.63, 3.8) is 0 Å². The van der Waals surface area contributed by atoms with Gasteiger partial charge in [-0.05, 0) is 25.0 Å². The molecule has 0 aromatic heterocycles. The van der Waals surface area contributed by atoms with Crippen molar-refractivity contribution in [3.05, 3.63) is 29.3 Å². The summed E-state index contributed by atoms with van der Waals surface area (Å²) in [6.45, 7) is 2.94. The first kappa shape index (κ1) is 18.1. The highest BCUT2D eigenvalue weighted by molar-refractivity contribution is 6.33. The summed E-state index contributed by atoms with van der Waals surface area (Å²) in [5, 5.41) is 3.57. The predicted molar refractivity (Wildman–Crippen MR) is 99.8 cm³/mol. The second-order valence-electron chi connectivity index (χ2n) is 6.87. The van der Waals surface area contributed by atoms with E-state index >= 15 is 0 Å². The van der Waals surface area contributed by atoms with Gasteiger partial charge in [-0.25, -0.2) is 0 Å². The molecule has 1 aromatic carbocycles. The first-order valence-electron chi connectivity index (χ1n) is 9.20. The number of nitrogens with one attached hydrogen (secondary N) is 1. The molecule has 1 aliphatic carbocycles. The van der Waals surface area contributed by atoms with Gasteiger partial charge in [-0.3, -0.25) is 9.59 Å². The van der Waals surface area contributed by atoms with E-state index in [2.05, 4.69) is 10.2 Å². The van der Waals surface area contributed by atoms with E-state index in [4.69, 9.17) is 11.6 Å². The standard InChI is InChI=1S/C19H26ClN3O2/c20-16-8-4-5-9-17(16)22-10-12-23(13-11-22)18(24)14-21-19(25)15-6-2-1-3-7-15/h4-5,8-9,15H,1-3,6-7,10-14H2,(H,21,25). The molecule has 25 heavy (non-hydrogen) atoms. The number of para-hydroxylation sites is 1. The molecule has 1 aromatic rings. The average Bonchev–Trinajstić information content (AvgIpc) is 2.67. The Morgan fingerprint density at radius 2 is 1.72 bits per heavy atom. The van der Waals surface area contributed by atoms with Crippen molar-refractivity contribution in [1.82, 2.24) is 10.2 Å². The van der Waals surface area contributed by atoms with Crippen LogP contribution in [0.25, 0.3) is 0 Å². The zero-order valence-corrected chi connectivity index (χ0v) is 15.3. The zero-order chi connectivity index (χ0) is 17.6. The number of anilines is 1. The summed E-state index contributed by atoms with van der Waals surface area (Å²) in [5.41, 5.74) is 1.02. The number of hydrogen-bond donors (Lipinski definition) is 1. The molecule has 6 heteroatoms. The molecule has 0 unspecified atom stereocenters. The van der Waals surface area contributed by atoms with Gasteiger partial charge < -0.3 is 15.1 Å². The highest BCUT2D eigenvalue weighted by atomic mass is 35.5. The number of halogens is 1. The molecule has 0 spiro atoms. The van der Waals surface area contributed by atoms with Gasteiger partial charge in [0, 0.05) is 32.1 Å². The zero-order valence-electron chi connectivity index (χ0n) is 14.5. The predicted octanol–water partition coefficient (Wildman–Crippen LogP) is 2.69. The van der Waals surface area contributed by atoms with Crippen LogP contribution in [0.15, 0.2) is 24.3 Å². The van der Waals surface area contributed by atoms with Crippen LogP contribution in [0.1, 0.15) is 32.1 Å². The molecule has 1 heterocycles. The summed E-state index contributed by atoms with van der Waals surface area (Å²) in [6, 6.07) is 7.78. The Balaban J connectivity index is 1.44. The fraction of sp³-hybridized carbons (Fsp3) is 0.579. The Morgan fingerprint density at radius 3 is 2.40 bits per heavy atom. The molecule has 1 aliphatic heterocycles. The van der Waals surface area contributed by atoms with Crippen molar-refractivity contribution >= 4 is 29.1 Å². The number of hydrogen-bond acceptors (Lipinski definition) is 3. The van der Waals surface area contributed by atoms with Crippen LogP contribution in [0.3, 0.4) is 0 Å². The second-order valence-corrected chi connectivity index (χ2v) is 7.28. The van der Waals surface area contributed by atoms with E-state index in [0.717, 1.165) is 49.5 Å². The number of benzene rings is 1. The summed E-state index contributed by atoms with van der Waals surface area (Å²) < 4.78 is 0. The van der Waals surface area contributed by atoms with Gasteiger partial charge in [0.25, 0.3) is 0 Å².